The zero-order valence-corrected chi connectivity index (χ0v) is 28.9. The second-order valence-electron chi connectivity index (χ2n) is 10.3. The van der Waals surface area contributed by atoms with E-state index in [1.165, 1.54) is 116 Å². The zero-order chi connectivity index (χ0) is 28.2. The number of rotatable bonds is 26. The van der Waals surface area contributed by atoms with Crippen LogP contribution in [0.5, 0.6) is 0 Å². The van der Waals surface area contributed by atoms with Crippen LogP contribution >= 0.6 is 0 Å². The molecule has 0 rings (SSSR count). The van der Waals surface area contributed by atoms with Crippen molar-refractivity contribution in [1.82, 2.24) is 0 Å². The summed E-state index contributed by atoms with van der Waals surface area (Å²) in [7, 11) is 0. The van der Waals surface area contributed by atoms with Crippen LogP contribution in [-0.4, -0.2) is 35.2 Å². The fourth-order valence-corrected chi connectivity index (χ4v) is 8.88. The molecule has 4 nitrogen and oxygen atoms in total. The SMILES string of the molecule is CCCCCCCCCCCC(=O)[O-].CCCCCCCCCCCC(=O)[O-].CCC[CH2][Bi+2][CH2]CCC. The molecule has 0 N–H and O–H groups in total. The Hall–Kier alpha value is -0.177. The van der Waals surface area contributed by atoms with Gasteiger partial charge in [0.1, 0.15) is 0 Å². The van der Waals surface area contributed by atoms with Crippen molar-refractivity contribution in [3.63, 3.8) is 0 Å². The summed E-state index contributed by atoms with van der Waals surface area (Å²) in [4.78, 5) is 20.2. The Morgan fingerprint density at radius 1 is 0.405 bits per heavy atom. The number of aliphatic carboxylic acids is 2. The molecule has 0 heterocycles. The topological polar surface area (TPSA) is 80.3 Å². The third-order valence-electron chi connectivity index (χ3n) is 6.31. The summed E-state index contributed by atoms with van der Waals surface area (Å²) in [5.41, 5.74) is 0. The second kappa shape index (κ2) is 40.3. The van der Waals surface area contributed by atoms with Crippen molar-refractivity contribution in [2.24, 2.45) is 0 Å². The molecular formula is C32H64BiO4. The molecule has 0 aliphatic rings. The van der Waals surface area contributed by atoms with E-state index in [9.17, 15) is 19.8 Å². The third kappa shape index (κ3) is 52.9. The van der Waals surface area contributed by atoms with E-state index >= 15 is 0 Å². The molecule has 1 radical (unpaired) electrons. The first-order valence-corrected chi connectivity index (χ1v) is 20.9. The van der Waals surface area contributed by atoms with E-state index in [0.717, 1.165) is 25.7 Å². The van der Waals surface area contributed by atoms with Crippen molar-refractivity contribution in [2.45, 2.75) is 190 Å². The van der Waals surface area contributed by atoms with Gasteiger partial charge in [0.25, 0.3) is 0 Å². The molecule has 5 heteroatoms. The van der Waals surface area contributed by atoms with Gasteiger partial charge in [-0.15, -0.1) is 0 Å². The number of carboxylic acid groups (broad SMARTS) is 2. The van der Waals surface area contributed by atoms with Gasteiger partial charge in [-0.3, -0.25) is 0 Å². The van der Waals surface area contributed by atoms with Gasteiger partial charge in [-0.25, -0.2) is 0 Å². The fraction of sp³-hybridized carbons (Fsp3) is 0.938. The van der Waals surface area contributed by atoms with E-state index in [2.05, 4.69) is 27.7 Å². The molecule has 0 spiro atoms. The predicted octanol–water partition coefficient (Wildman–Crippen LogP) is 8.44. The van der Waals surface area contributed by atoms with E-state index in [4.69, 9.17) is 0 Å². The van der Waals surface area contributed by atoms with E-state index in [0.29, 0.717) is 0 Å². The van der Waals surface area contributed by atoms with E-state index in [1.54, 1.807) is 8.26 Å². The van der Waals surface area contributed by atoms with Crippen molar-refractivity contribution in [2.75, 3.05) is 0 Å². The van der Waals surface area contributed by atoms with Crippen molar-refractivity contribution in [3.8, 4) is 0 Å². The number of hydrogen-bond donors (Lipinski definition) is 0. The minimum absolute atomic E-state index is 0.0681. The summed E-state index contributed by atoms with van der Waals surface area (Å²) in [6, 6.07) is 0. The molecule has 0 amide bonds. The van der Waals surface area contributed by atoms with Gasteiger partial charge < -0.3 is 19.8 Å². The molecule has 0 unspecified atom stereocenters. The van der Waals surface area contributed by atoms with Gasteiger partial charge in [0.05, 0.1) is 0 Å². The standard InChI is InChI=1S/2C12H24O2.2C4H9.Bi/c2*1-2-3-4-5-6-7-8-9-10-11-12(13)14;2*1-3-4-2;/h2*2-11H2,1H3,(H,13,14);2*1,3-4H2,2H3;/q;;;;+2/p-2. The molecule has 0 saturated carbocycles. The van der Waals surface area contributed by atoms with Gasteiger partial charge in [-0.2, -0.15) is 0 Å². The van der Waals surface area contributed by atoms with Crippen LogP contribution in [-0.2, 0) is 9.59 Å². The number of carboxylic acids is 2. The summed E-state index contributed by atoms with van der Waals surface area (Å²) in [6.07, 6.45) is 28.2. The maximum atomic E-state index is 10.1. The molecule has 0 atom stereocenters. The first-order chi connectivity index (χ1) is 18.0. The summed E-state index contributed by atoms with van der Waals surface area (Å²) in [6.45, 7) is 9.03. The molecule has 0 aromatic rings. The first kappa shape index (κ1) is 41.3. The van der Waals surface area contributed by atoms with Gasteiger partial charge in [0.2, 0.25) is 0 Å². The number of carbonyl (C=O) groups excluding carboxylic acids is 2. The molecule has 0 aliphatic heterocycles. The van der Waals surface area contributed by atoms with Crippen LogP contribution in [0, 0.1) is 0 Å². The van der Waals surface area contributed by atoms with E-state index in [-0.39, 0.29) is 36.1 Å². The summed E-state index contributed by atoms with van der Waals surface area (Å²) in [5, 5.41) is 20.2. The minimum atomic E-state index is -0.909. The zero-order valence-electron chi connectivity index (χ0n) is 25.5. The average Bonchev–Trinajstić information content (AvgIpc) is 2.87. The van der Waals surface area contributed by atoms with Crippen molar-refractivity contribution < 1.29 is 19.8 Å². The Kier molecular flexibility index (Phi) is 45.0. The van der Waals surface area contributed by atoms with Crippen LogP contribution in [0.1, 0.15) is 182 Å². The second-order valence-corrected chi connectivity index (χ2v) is 15.5. The maximum absolute atomic E-state index is 10.1. The van der Waals surface area contributed by atoms with E-state index < -0.39 is 11.9 Å². The Bertz CT molecular complexity index is 391. The molecular weight excluding hydrogens is 657 g/mol. The number of unbranched alkanes of at least 4 members (excludes halogenated alkanes) is 18. The van der Waals surface area contributed by atoms with Crippen molar-refractivity contribution in [3.05, 3.63) is 0 Å². The van der Waals surface area contributed by atoms with Crippen LogP contribution < -0.4 is 10.2 Å². The van der Waals surface area contributed by atoms with Gasteiger partial charge in [-0.1, -0.05) is 117 Å². The summed E-state index contributed by atoms with van der Waals surface area (Å²) >= 11 is 0.0681. The molecule has 0 aromatic carbocycles. The Morgan fingerprint density at radius 3 is 0.892 bits per heavy atom. The molecule has 221 valence electrons. The Labute approximate surface area is 244 Å². The fourth-order valence-electron chi connectivity index (χ4n) is 3.81. The van der Waals surface area contributed by atoms with E-state index in [1.807, 2.05) is 0 Å². The van der Waals surface area contributed by atoms with Crippen LogP contribution in [0.25, 0.3) is 0 Å². The summed E-state index contributed by atoms with van der Waals surface area (Å²) in [5.74, 6) is -1.82. The normalized spacial score (nSPS) is 10.2. The molecule has 0 fully saturated rings. The van der Waals surface area contributed by atoms with Crippen LogP contribution in [0.4, 0.5) is 0 Å². The Balaban J connectivity index is -0.000000481. The number of carbonyl (C=O) groups is 2. The third-order valence-corrected chi connectivity index (χ3v) is 11.2. The van der Waals surface area contributed by atoms with Crippen LogP contribution in [0.3, 0.4) is 0 Å². The van der Waals surface area contributed by atoms with Crippen LogP contribution in [0.2, 0.25) is 8.26 Å². The predicted molar refractivity (Wildman–Crippen MR) is 159 cm³/mol. The number of hydrogen-bond acceptors (Lipinski definition) is 4. The van der Waals surface area contributed by atoms with Gasteiger partial charge in [0.15, 0.2) is 0 Å². The summed E-state index contributed by atoms with van der Waals surface area (Å²) < 4.78 is 3.27. The average molecular weight is 722 g/mol. The molecule has 0 bridgehead atoms. The van der Waals surface area contributed by atoms with Gasteiger partial charge in [-0.05, 0) is 25.7 Å². The molecule has 0 aromatic heterocycles. The Morgan fingerprint density at radius 2 is 0.649 bits per heavy atom. The quantitative estimate of drug-likeness (QED) is 0.0664. The monoisotopic (exact) mass is 721 g/mol. The van der Waals surface area contributed by atoms with Gasteiger partial charge in [0, 0.05) is 11.9 Å². The van der Waals surface area contributed by atoms with Gasteiger partial charge >= 0.3 is 71.0 Å². The van der Waals surface area contributed by atoms with Crippen molar-refractivity contribution >= 4 is 35.2 Å². The molecule has 0 saturated heterocycles. The van der Waals surface area contributed by atoms with Crippen LogP contribution in [0.15, 0.2) is 0 Å². The molecule has 37 heavy (non-hydrogen) atoms. The first-order valence-electron chi connectivity index (χ1n) is 16.0. The van der Waals surface area contributed by atoms with Crippen molar-refractivity contribution in [1.29, 1.82) is 0 Å². The molecule has 0 aliphatic carbocycles.